The van der Waals surface area contributed by atoms with Gasteiger partial charge in [0.1, 0.15) is 0 Å². The Morgan fingerprint density at radius 2 is 1.00 bits per heavy atom. The molecule has 0 rings (SSSR count). The Labute approximate surface area is 148 Å². The standard InChI is InChI=1S/C14H33NO7Si2/c1-14(16)15(10-8-12-23(17-2,18-3)19-4)11-9-13-24(20-5,21-6)22-7/h8-13H2,1-7H3. The van der Waals surface area contributed by atoms with Crippen LogP contribution in [0, 0.1) is 0 Å². The van der Waals surface area contributed by atoms with Crippen LogP contribution in [0.25, 0.3) is 0 Å². The van der Waals surface area contributed by atoms with E-state index in [4.69, 9.17) is 26.6 Å². The van der Waals surface area contributed by atoms with Crippen LogP contribution in [0.1, 0.15) is 19.8 Å². The summed E-state index contributed by atoms with van der Waals surface area (Å²) in [6.07, 6.45) is 1.51. The molecule has 0 aromatic carbocycles. The predicted octanol–water partition coefficient (Wildman–Crippen LogP) is 1.37. The lowest BCUT2D eigenvalue weighted by molar-refractivity contribution is -0.129. The first-order chi connectivity index (χ1) is 11.4. The molecule has 144 valence electrons. The van der Waals surface area contributed by atoms with Gasteiger partial charge in [0.25, 0.3) is 0 Å². The van der Waals surface area contributed by atoms with Gasteiger partial charge in [-0.1, -0.05) is 0 Å². The molecule has 1 amide bonds. The highest BCUT2D eigenvalue weighted by Gasteiger charge is 2.38. The van der Waals surface area contributed by atoms with Gasteiger partial charge in [-0.2, -0.15) is 0 Å². The second-order valence-corrected chi connectivity index (χ2v) is 11.5. The molecule has 0 atom stereocenters. The summed E-state index contributed by atoms with van der Waals surface area (Å²) < 4.78 is 32.4. The number of hydrogen-bond donors (Lipinski definition) is 0. The van der Waals surface area contributed by atoms with Crippen molar-refractivity contribution in [2.45, 2.75) is 31.9 Å². The normalized spacial score (nSPS) is 12.5. The molecule has 0 heterocycles. The summed E-state index contributed by atoms with van der Waals surface area (Å²) in [5, 5.41) is 0. The minimum Gasteiger partial charge on any atom is -0.377 e. The van der Waals surface area contributed by atoms with Crippen molar-refractivity contribution in [2.24, 2.45) is 0 Å². The molecule has 8 nitrogen and oxygen atoms in total. The molecule has 0 bridgehead atoms. The molecule has 0 aliphatic rings. The quantitative estimate of drug-likeness (QED) is 0.419. The Kier molecular flexibility index (Phi) is 11.9. The highest BCUT2D eigenvalue weighted by Crippen LogP contribution is 2.17. The molecule has 0 radical (unpaired) electrons. The lowest BCUT2D eigenvalue weighted by Crippen LogP contribution is -2.44. The summed E-state index contributed by atoms with van der Waals surface area (Å²) in [4.78, 5) is 13.6. The van der Waals surface area contributed by atoms with Gasteiger partial charge < -0.3 is 31.5 Å². The van der Waals surface area contributed by atoms with Gasteiger partial charge in [-0.05, 0) is 12.8 Å². The average molecular weight is 384 g/mol. The fraction of sp³-hybridized carbons (Fsp3) is 0.929. The lowest BCUT2D eigenvalue weighted by atomic mass is 10.3. The van der Waals surface area contributed by atoms with E-state index in [2.05, 4.69) is 0 Å². The Morgan fingerprint density at radius 3 is 1.21 bits per heavy atom. The Hall–Kier alpha value is -0.336. The molecule has 0 aliphatic heterocycles. The summed E-state index contributed by atoms with van der Waals surface area (Å²) in [7, 11) is 4.36. The zero-order valence-corrected chi connectivity index (χ0v) is 18.0. The number of nitrogens with zero attached hydrogens (tertiary/aromatic N) is 1. The second-order valence-electron chi connectivity index (χ2n) is 5.30. The van der Waals surface area contributed by atoms with Crippen LogP contribution in [-0.2, 0) is 31.4 Å². The van der Waals surface area contributed by atoms with Crippen molar-refractivity contribution in [1.29, 1.82) is 0 Å². The van der Waals surface area contributed by atoms with Crippen molar-refractivity contribution in [2.75, 3.05) is 55.7 Å². The highest BCUT2D eigenvalue weighted by molar-refractivity contribution is 6.60. The van der Waals surface area contributed by atoms with E-state index >= 15 is 0 Å². The van der Waals surface area contributed by atoms with Crippen molar-refractivity contribution in [1.82, 2.24) is 4.90 Å². The van der Waals surface area contributed by atoms with Crippen molar-refractivity contribution in [3.8, 4) is 0 Å². The van der Waals surface area contributed by atoms with Gasteiger partial charge in [0.15, 0.2) is 0 Å². The molecule has 0 aromatic rings. The van der Waals surface area contributed by atoms with Crippen LogP contribution >= 0.6 is 0 Å². The van der Waals surface area contributed by atoms with Gasteiger partial charge in [-0.3, -0.25) is 4.79 Å². The van der Waals surface area contributed by atoms with Crippen LogP contribution in [0.3, 0.4) is 0 Å². The number of carbonyl (C=O) groups excluding carboxylic acids is 1. The van der Waals surface area contributed by atoms with Crippen LogP contribution in [0.5, 0.6) is 0 Å². The Balaban J connectivity index is 4.45. The fourth-order valence-corrected chi connectivity index (χ4v) is 5.92. The first kappa shape index (κ1) is 23.7. The summed E-state index contributed by atoms with van der Waals surface area (Å²) in [5.74, 6) is 0.0361. The first-order valence-electron chi connectivity index (χ1n) is 7.94. The number of rotatable bonds is 14. The SMILES string of the molecule is CO[Si](CCCN(CCC[Si](OC)(OC)OC)C(C)=O)(OC)OC. The van der Waals surface area contributed by atoms with Crippen LogP contribution in [-0.4, -0.2) is 84.2 Å². The summed E-state index contributed by atoms with van der Waals surface area (Å²) in [6.45, 7) is 2.82. The molecule has 10 heteroatoms. The third-order valence-electron chi connectivity index (χ3n) is 4.13. The van der Waals surface area contributed by atoms with Gasteiger partial charge >= 0.3 is 17.6 Å². The molecule has 0 N–H and O–H groups in total. The summed E-state index contributed by atoms with van der Waals surface area (Å²) in [5.41, 5.74) is 0. The number of carbonyl (C=O) groups is 1. The van der Waals surface area contributed by atoms with E-state index in [0.29, 0.717) is 25.2 Å². The molecule has 24 heavy (non-hydrogen) atoms. The lowest BCUT2D eigenvalue weighted by Gasteiger charge is -2.28. The Morgan fingerprint density at radius 1 is 0.708 bits per heavy atom. The van der Waals surface area contributed by atoms with E-state index < -0.39 is 17.6 Å². The van der Waals surface area contributed by atoms with Crippen molar-refractivity contribution in [3.05, 3.63) is 0 Å². The van der Waals surface area contributed by atoms with E-state index in [0.717, 1.165) is 12.8 Å². The predicted molar refractivity (Wildman–Crippen MR) is 94.7 cm³/mol. The maximum absolute atomic E-state index is 11.8. The summed E-state index contributed by atoms with van der Waals surface area (Å²) in [6, 6.07) is 1.32. The van der Waals surface area contributed by atoms with E-state index in [1.807, 2.05) is 0 Å². The zero-order valence-electron chi connectivity index (χ0n) is 16.0. The molecule has 0 saturated heterocycles. The van der Waals surface area contributed by atoms with Gasteiger partial charge in [-0.25, -0.2) is 0 Å². The molecule has 0 saturated carbocycles. The molecular formula is C14H33NO7Si2. The van der Waals surface area contributed by atoms with Crippen LogP contribution in [0.15, 0.2) is 0 Å². The van der Waals surface area contributed by atoms with Crippen LogP contribution in [0.4, 0.5) is 0 Å². The van der Waals surface area contributed by atoms with Gasteiger partial charge in [0.05, 0.1) is 0 Å². The molecule has 0 fully saturated rings. The van der Waals surface area contributed by atoms with Crippen molar-refractivity contribution >= 4 is 23.5 Å². The molecule has 0 spiro atoms. The van der Waals surface area contributed by atoms with Gasteiger partial charge in [-0.15, -0.1) is 0 Å². The van der Waals surface area contributed by atoms with E-state index in [1.165, 1.54) is 0 Å². The number of hydrogen-bond acceptors (Lipinski definition) is 7. The third kappa shape index (κ3) is 7.27. The van der Waals surface area contributed by atoms with Gasteiger partial charge in [0.2, 0.25) is 5.91 Å². The van der Waals surface area contributed by atoms with E-state index in [9.17, 15) is 4.79 Å². The number of amides is 1. The average Bonchev–Trinajstić information content (AvgIpc) is 2.61. The maximum atomic E-state index is 11.8. The van der Waals surface area contributed by atoms with Crippen molar-refractivity contribution < 1.29 is 31.4 Å². The fourth-order valence-electron chi connectivity index (χ4n) is 2.51. The van der Waals surface area contributed by atoms with E-state index in [1.54, 1.807) is 54.5 Å². The minimum atomic E-state index is -2.59. The molecule has 0 unspecified atom stereocenters. The smallest absolute Gasteiger partial charge is 0.377 e. The molecule has 0 aliphatic carbocycles. The largest absolute Gasteiger partial charge is 0.500 e. The summed E-state index contributed by atoms with van der Waals surface area (Å²) >= 11 is 0. The Bertz CT molecular complexity index is 309. The second kappa shape index (κ2) is 12.1. The molecular weight excluding hydrogens is 350 g/mol. The topological polar surface area (TPSA) is 75.7 Å². The van der Waals surface area contributed by atoms with Gasteiger partial charge in [0, 0.05) is 74.8 Å². The zero-order chi connectivity index (χ0) is 18.6. The monoisotopic (exact) mass is 383 g/mol. The third-order valence-corrected chi connectivity index (χ3v) is 9.80. The minimum absolute atomic E-state index is 0.0361. The highest BCUT2D eigenvalue weighted by atomic mass is 28.4. The maximum Gasteiger partial charge on any atom is 0.500 e. The van der Waals surface area contributed by atoms with Crippen molar-refractivity contribution in [3.63, 3.8) is 0 Å². The van der Waals surface area contributed by atoms with Crippen LogP contribution < -0.4 is 0 Å². The first-order valence-corrected chi connectivity index (χ1v) is 11.8. The van der Waals surface area contributed by atoms with Crippen LogP contribution in [0.2, 0.25) is 12.1 Å². The van der Waals surface area contributed by atoms with E-state index in [-0.39, 0.29) is 5.91 Å². The molecule has 0 aromatic heterocycles.